The molecular formula is C13H14FN3O4. The Morgan fingerprint density at radius 1 is 1.48 bits per heavy atom. The number of benzene rings is 1. The second-order valence-corrected chi connectivity index (χ2v) is 4.59. The molecule has 1 aromatic carbocycles. The predicted octanol–water partition coefficient (Wildman–Crippen LogP) is 0.876. The Balaban J connectivity index is 2.14. The maximum absolute atomic E-state index is 13.3. The van der Waals surface area contributed by atoms with Crippen LogP contribution in [0.2, 0.25) is 0 Å². The minimum atomic E-state index is -1.42. The largest absolute Gasteiger partial charge is 0.478 e. The van der Waals surface area contributed by atoms with Crippen LogP contribution >= 0.6 is 0 Å². The third kappa shape index (κ3) is 3.10. The lowest BCUT2D eigenvalue weighted by Crippen LogP contribution is -2.56. The molecule has 0 spiro atoms. The van der Waals surface area contributed by atoms with Gasteiger partial charge in [-0.3, -0.25) is 4.79 Å². The molecule has 1 heterocycles. The van der Waals surface area contributed by atoms with E-state index in [0.29, 0.717) is 13.1 Å². The summed E-state index contributed by atoms with van der Waals surface area (Å²) in [5, 5.41) is 13.9. The zero-order chi connectivity index (χ0) is 15.6. The lowest BCUT2D eigenvalue weighted by molar-refractivity contribution is -0.126. The number of carboxylic acids is 1. The molecule has 0 saturated carbocycles. The zero-order valence-electron chi connectivity index (χ0n) is 11.2. The molecule has 1 aliphatic heterocycles. The van der Waals surface area contributed by atoms with Gasteiger partial charge in [-0.05, 0) is 25.1 Å². The van der Waals surface area contributed by atoms with Gasteiger partial charge in [-0.1, -0.05) is 0 Å². The van der Waals surface area contributed by atoms with Crippen LogP contribution in [0.15, 0.2) is 18.2 Å². The lowest BCUT2D eigenvalue weighted by atomic mass is 10.2. The van der Waals surface area contributed by atoms with Crippen LogP contribution in [0, 0.1) is 5.82 Å². The molecule has 0 aromatic heterocycles. The number of hydrogen-bond donors (Lipinski definition) is 3. The van der Waals surface area contributed by atoms with Crippen molar-refractivity contribution in [2.24, 2.45) is 0 Å². The number of carbonyl (C=O) groups excluding carboxylic acids is 2. The van der Waals surface area contributed by atoms with Crippen LogP contribution in [0.3, 0.4) is 0 Å². The van der Waals surface area contributed by atoms with Gasteiger partial charge >= 0.3 is 12.0 Å². The van der Waals surface area contributed by atoms with E-state index in [4.69, 9.17) is 5.11 Å². The van der Waals surface area contributed by atoms with Gasteiger partial charge in [-0.15, -0.1) is 0 Å². The number of amides is 3. The van der Waals surface area contributed by atoms with E-state index in [2.05, 4.69) is 10.6 Å². The summed E-state index contributed by atoms with van der Waals surface area (Å²) in [5.41, 5.74) is -0.380. The molecule has 1 saturated heterocycles. The molecule has 3 N–H and O–H groups in total. The summed E-state index contributed by atoms with van der Waals surface area (Å²) in [6, 6.07) is 2.09. The number of hydrogen-bond acceptors (Lipinski definition) is 3. The van der Waals surface area contributed by atoms with Crippen molar-refractivity contribution in [3.63, 3.8) is 0 Å². The highest BCUT2D eigenvalue weighted by Crippen LogP contribution is 2.16. The topological polar surface area (TPSA) is 98.7 Å². The smallest absolute Gasteiger partial charge is 0.338 e. The highest BCUT2D eigenvalue weighted by Gasteiger charge is 2.29. The van der Waals surface area contributed by atoms with E-state index in [9.17, 15) is 18.8 Å². The van der Waals surface area contributed by atoms with Crippen LogP contribution in [-0.2, 0) is 4.79 Å². The van der Waals surface area contributed by atoms with Crippen LogP contribution in [0.5, 0.6) is 0 Å². The van der Waals surface area contributed by atoms with Gasteiger partial charge < -0.3 is 20.6 Å². The summed E-state index contributed by atoms with van der Waals surface area (Å²) < 4.78 is 13.3. The van der Waals surface area contributed by atoms with Gasteiger partial charge in [0.2, 0.25) is 5.91 Å². The molecule has 21 heavy (non-hydrogen) atoms. The summed E-state index contributed by atoms with van der Waals surface area (Å²) in [4.78, 5) is 35.7. The van der Waals surface area contributed by atoms with Crippen molar-refractivity contribution in [3.8, 4) is 0 Å². The fourth-order valence-electron chi connectivity index (χ4n) is 2.02. The summed E-state index contributed by atoms with van der Waals surface area (Å²) in [7, 11) is 0. The number of nitrogens with one attached hydrogen (secondary N) is 2. The minimum absolute atomic E-state index is 0.150. The highest BCUT2D eigenvalue weighted by molar-refractivity contribution is 5.96. The molecule has 1 aromatic rings. The second kappa shape index (κ2) is 5.78. The first-order valence-electron chi connectivity index (χ1n) is 6.28. The first kappa shape index (κ1) is 14.8. The minimum Gasteiger partial charge on any atom is -0.478 e. The second-order valence-electron chi connectivity index (χ2n) is 4.59. The van der Waals surface area contributed by atoms with E-state index >= 15 is 0 Å². The Hall–Kier alpha value is -2.64. The lowest BCUT2D eigenvalue weighted by Gasteiger charge is -2.32. The van der Waals surface area contributed by atoms with Crippen molar-refractivity contribution in [1.29, 1.82) is 0 Å². The van der Waals surface area contributed by atoms with Crippen LogP contribution in [0.4, 0.5) is 14.9 Å². The van der Waals surface area contributed by atoms with Crippen molar-refractivity contribution in [2.45, 2.75) is 13.0 Å². The number of halogens is 1. The Morgan fingerprint density at radius 3 is 2.86 bits per heavy atom. The average molecular weight is 295 g/mol. The van der Waals surface area contributed by atoms with Crippen LogP contribution < -0.4 is 10.6 Å². The summed E-state index contributed by atoms with van der Waals surface area (Å²) in [5.74, 6) is -2.57. The summed E-state index contributed by atoms with van der Waals surface area (Å²) in [6.45, 7) is 2.27. The quantitative estimate of drug-likeness (QED) is 0.754. The molecule has 0 radical (unpaired) electrons. The Kier molecular flexibility index (Phi) is 4.06. The number of nitrogens with zero attached hydrogens (tertiary/aromatic N) is 1. The fraction of sp³-hybridized carbons (Fsp3) is 0.308. The normalized spacial score (nSPS) is 18.1. The van der Waals surface area contributed by atoms with Crippen molar-refractivity contribution in [2.75, 3.05) is 18.4 Å². The SMILES string of the molecule is CC1C(=O)NCCN1C(=O)Nc1ccc(F)c(C(=O)O)c1. The van der Waals surface area contributed by atoms with Crippen LogP contribution in [0.25, 0.3) is 0 Å². The number of anilines is 1. The van der Waals surface area contributed by atoms with Gasteiger partial charge in [0.05, 0.1) is 5.56 Å². The Bertz CT molecular complexity index is 605. The average Bonchev–Trinajstić information content (AvgIpc) is 2.43. The monoisotopic (exact) mass is 295 g/mol. The van der Waals surface area contributed by atoms with E-state index in [1.54, 1.807) is 6.92 Å². The highest BCUT2D eigenvalue weighted by atomic mass is 19.1. The molecule has 8 heteroatoms. The maximum Gasteiger partial charge on any atom is 0.338 e. The number of aromatic carboxylic acids is 1. The molecule has 1 unspecified atom stereocenters. The van der Waals surface area contributed by atoms with Gasteiger partial charge in [0.1, 0.15) is 11.9 Å². The third-order valence-corrected chi connectivity index (χ3v) is 3.21. The van der Waals surface area contributed by atoms with Gasteiger partial charge in [0.15, 0.2) is 0 Å². The van der Waals surface area contributed by atoms with Crippen molar-refractivity contribution in [1.82, 2.24) is 10.2 Å². The number of carboxylic acid groups (broad SMARTS) is 1. The van der Waals surface area contributed by atoms with Gasteiger partial charge in [-0.25, -0.2) is 14.0 Å². The van der Waals surface area contributed by atoms with Crippen LogP contribution in [-0.4, -0.2) is 47.0 Å². The number of rotatable bonds is 2. The Morgan fingerprint density at radius 2 is 2.19 bits per heavy atom. The number of urea groups is 1. The standard InChI is InChI=1S/C13H14FN3O4/c1-7-11(18)15-4-5-17(7)13(21)16-8-2-3-10(14)9(6-8)12(19)20/h2-3,6-7H,4-5H2,1H3,(H,15,18)(H,16,21)(H,19,20). The van der Waals surface area contributed by atoms with Gasteiger partial charge in [0.25, 0.3) is 0 Å². The third-order valence-electron chi connectivity index (χ3n) is 3.21. The first-order valence-corrected chi connectivity index (χ1v) is 6.28. The van der Waals surface area contributed by atoms with Gasteiger partial charge in [0, 0.05) is 18.8 Å². The molecule has 1 aliphatic rings. The molecule has 1 fully saturated rings. The maximum atomic E-state index is 13.3. The molecular weight excluding hydrogens is 281 g/mol. The zero-order valence-corrected chi connectivity index (χ0v) is 11.2. The van der Waals surface area contributed by atoms with Gasteiger partial charge in [-0.2, -0.15) is 0 Å². The van der Waals surface area contributed by atoms with E-state index in [1.807, 2.05) is 0 Å². The number of carbonyl (C=O) groups is 3. The van der Waals surface area contributed by atoms with Crippen molar-refractivity contribution in [3.05, 3.63) is 29.6 Å². The van der Waals surface area contributed by atoms with Crippen LogP contribution in [0.1, 0.15) is 17.3 Å². The summed E-state index contributed by atoms with van der Waals surface area (Å²) in [6.07, 6.45) is 0. The molecule has 3 amide bonds. The Labute approximate surface area is 119 Å². The van der Waals surface area contributed by atoms with E-state index in [-0.39, 0.29) is 11.6 Å². The van der Waals surface area contributed by atoms with E-state index in [0.717, 1.165) is 12.1 Å². The molecule has 2 rings (SSSR count). The molecule has 1 atom stereocenters. The first-order chi connectivity index (χ1) is 9.90. The molecule has 0 bridgehead atoms. The predicted molar refractivity (Wildman–Crippen MR) is 71.6 cm³/mol. The van der Waals surface area contributed by atoms with E-state index in [1.165, 1.54) is 11.0 Å². The number of piperazine rings is 1. The molecule has 7 nitrogen and oxygen atoms in total. The summed E-state index contributed by atoms with van der Waals surface area (Å²) >= 11 is 0. The van der Waals surface area contributed by atoms with E-state index < -0.39 is 29.4 Å². The molecule has 112 valence electrons. The van der Waals surface area contributed by atoms with Crippen molar-refractivity contribution < 1.29 is 23.9 Å². The fourth-order valence-corrected chi connectivity index (χ4v) is 2.02. The molecule has 0 aliphatic carbocycles. The van der Waals surface area contributed by atoms with Crippen molar-refractivity contribution >= 4 is 23.6 Å².